The summed E-state index contributed by atoms with van der Waals surface area (Å²) in [5.74, 6) is 0.738. The van der Waals surface area contributed by atoms with Gasteiger partial charge in [-0.15, -0.1) is 11.3 Å². The lowest BCUT2D eigenvalue weighted by atomic mass is 10.3. The number of nitrogens with zero attached hydrogens (tertiary/aromatic N) is 2. The van der Waals surface area contributed by atoms with E-state index >= 15 is 0 Å². The first-order valence-corrected chi connectivity index (χ1v) is 8.32. The molecule has 23 heavy (non-hydrogen) atoms. The molecule has 0 bridgehead atoms. The summed E-state index contributed by atoms with van der Waals surface area (Å²) in [4.78, 5) is 5.62. The Morgan fingerprint density at radius 2 is 1.91 bits per heavy atom. The number of benzene rings is 1. The molecule has 0 fully saturated rings. The Labute approximate surface area is 141 Å². The third-order valence-corrected chi connectivity index (χ3v) is 4.42. The minimum atomic E-state index is 0.481. The zero-order valence-electron chi connectivity index (χ0n) is 12.0. The number of thiophene rings is 1. The van der Waals surface area contributed by atoms with E-state index in [1.165, 1.54) is 0 Å². The molecule has 3 heterocycles. The van der Waals surface area contributed by atoms with Crippen LogP contribution in [0.4, 0.5) is 11.5 Å². The van der Waals surface area contributed by atoms with Gasteiger partial charge in [0.05, 0.1) is 11.0 Å². The summed E-state index contributed by atoms with van der Waals surface area (Å²) in [6, 6.07) is 15.9. The van der Waals surface area contributed by atoms with Crippen LogP contribution in [0.1, 0.15) is 0 Å². The average molecular weight is 339 g/mol. The van der Waals surface area contributed by atoms with Crippen LogP contribution in [-0.4, -0.2) is 14.5 Å². The van der Waals surface area contributed by atoms with Crippen LogP contribution < -0.4 is 16.2 Å². The number of hydrogen-bond acceptors (Lipinski definition) is 4. The van der Waals surface area contributed by atoms with Crippen LogP contribution in [0.25, 0.3) is 15.9 Å². The van der Waals surface area contributed by atoms with Crippen molar-refractivity contribution in [3.63, 3.8) is 0 Å². The van der Waals surface area contributed by atoms with Gasteiger partial charge in [-0.3, -0.25) is 10.9 Å². The van der Waals surface area contributed by atoms with Crippen LogP contribution in [0, 0.1) is 0 Å². The molecule has 0 atom stereocenters. The molecule has 0 aliphatic rings. The van der Waals surface area contributed by atoms with Crippen LogP contribution in [0.2, 0.25) is 0 Å². The highest BCUT2D eigenvalue weighted by Gasteiger charge is 2.09. The van der Waals surface area contributed by atoms with E-state index < -0.39 is 0 Å². The second-order valence-corrected chi connectivity index (χ2v) is 6.21. The normalized spacial score (nSPS) is 10.8. The SMILES string of the molecule is S=C(NNc1nc2sccc2n2cccc12)Nc1ccccc1. The van der Waals surface area contributed by atoms with Gasteiger partial charge in [-0.2, -0.15) is 0 Å². The molecule has 0 radical (unpaired) electrons. The number of nitrogens with one attached hydrogen (secondary N) is 3. The molecule has 4 rings (SSSR count). The lowest BCUT2D eigenvalue weighted by Crippen LogP contribution is -2.33. The molecule has 7 heteroatoms. The van der Waals surface area contributed by atoms with Crippen molar-refractivity contribution in [2.45, 2.75) is 0 Å². The summed E-state index contributed by atoms with van der Waals surface area (Å²) in [6.07, 6.45) is 2.03. The first-order valence-electron chi connectivity index (χ1n) is 7.03. The van der Waals surface area contributed by atoms with E-state index in [9.17, 15) is 0 Å². The van der Waals surface area contributed by atoms with Crippen LogP contribution in [-0.2, 0) is 0 Å². The molecule has 5 nitrogen and oxygen atoms in total. The monoisotopic (exact) mass is 339 g/mol. The second kappa shape index (κ2) is 5.86. The first-order chi connectivity index (χ1) is 11.3. The summed E-state index contributed by atoms with van der Waals surface area (Å²) >= 11 is 6.91. The molecule has 0 amide bonds. The Kier molecular flexibility index (Phi) is 3.57. The van der Waals surface area contributed by atoms with Gasteiger partial charge < -0.3 is 9.72 Å². The largest absolute Gasteiger partial charge is 0.331 e. The summed E-state index contributed by atoms with van der Waals surface area (Å²) in [5, 5.41) is 5.63. The number of aromatic nitrogens is 2. The molecular formula is C16H13N5S2. The smallest absolute Gasteiger partial charge is 0.189 e. The van der Waals surface area contributed by atoms with Crippen molar-refractivity contribution < 1.29 is 0 Å². The Bertz CT molecular complexity index is 974. The Morgan fingerprint density at radius 3 is 2.78 bits per heavy atom. The van der Waals surface area contributed by atoms with Gasteiger partial charge in [-0.1, -0.05) is 18.2 Å². The number of fused-ring (bicyclic) bond motifs is 3. The van der Waals surface area contributed by atoms with Crippen LogP contribution >= 0.6 is 23.6 Å². The molecule has 0 aliphatic heterocycles. The molecule has 1 aromatic carbocycles. The minimum absolute atomic E-state index is 0.481. The zero-order valence-corrected chi connectivity index (χ0v) is 13.6. The number of rotatable bonds is 3. The molecule has 114 valence electrons. The van der Waals surface area contributed by atoms with E-state index in [1.807, 2.05) is 54.0 Å². The second-order valence-electron chi connectivity index (χ2n) is 4.90. The van der Waals surface area contributed by atoms with Crippen LogP contribution in [0.3, 0.4) is 0 Å². The lowest BCUT2D eigenvalue weighted by molar-refractivity contribution is 1.10. The van der Waals surface area contributed by atoms with Crippen LogP contribution in [0.5, 0.6) is 0 Å². The van der Waals surface area contributed by atoms with Gasteiger partial charge in [0, 0.05) is 11.9 Å². The Hall–Kier alpha value is -2.64. The Morgan fingerprint density at radius 1 is 1.04 bits per heavy atom. The molecule has 3 N–H and O–H groups in total. The van der Waals surface area contributed by atoms with E-state index in [4.69, 9.17) is 12.2 Å². The van der Waals surface area contributed by atoms with Crippen molar-refractivity contribution in [3.8, 4) is 0 Å². The number of anilines is 2. The first kappa shape index (κ1) is 14.0. The topological polar surface area (TPSA) is 53.4 Å². The minimum Gasteiger partial charge on any atom is -0.331 e. The van der Waals surface area contributed by atoms with Gasteiger partial charge in [0.25, 0.3) is 0 Å². The van der Waals surface area contributed by atoms with Crippen molar-refractivity contribution in [1.82, 2.24) is 14.8 Å². The van der Waals surface area contributed by atoms with Crippen molar-refractivity contribution in [2.75, 3.05) is 10.7 Å². The van der Waals surface area contributed by atoms with E-state index in [1.54, 1.807) is 11.3 Å². The highest BCUT2D eigenvalue weighted by atomic mass is 32.1. The molecule has 0 saturated carbocycles. The number of para-hydroxylation sites is 1. The van der Waals surface area contributed by atoms with Gasteiger partial charge in [0.2, 0.25) is 0 Å². The summed E-state index contributed by atoms with van der Waals surface area (Å²) in [6.45, 7) is 0. The molecular weight excluding hydrogens is 326 g/mol. The van der Waals surface area contributed by atoms with Gasteiger partial charge in [-0.25, -0.2) is 4.98 Å². The van der Waals surface area contributed by atoms with Gasteiger partial charge in [-0.05, 0) is 47.9 Å². The van der Waals surface area contributed by atoms with Gasteiger partial charge >= 0.3 is 0 Å². The van der Waals surface area contributed by atoms with Gasteiger partial charge in [0.1, 0.15) is 4.83 Å². The molecule has 3 aromatic heterocycles. The van der Waals surface area contributed by atoms with Gasteiger partial charge in [0.15, 0.2) is 10.9 Å². The quantitative estimate of drug-likeness (QED) is 0.391. The van der Waals surface area contributed by atoms with Crippen molar-refractivity contribution >= 4 is 56.0 Å². The van der Waals surface area contributed by atoms with Crippen LogP contribution in [0.15, 0.2) is 60.1 Å². The maximum Gasteiger partial charge on any atom is 0.189 e. The third kappa shape index (κ3) is 2.71. The maximum absolute atomic E-state index is 5.30. The van der Waals surface area contributed by atoms with E-state index in [0.717, 1.165) is 27.4 Å². The van der Waals surface area contributed by atoms with E-state index in [2.05, 4.69) is 31.6 Å². The number of thiocarbonyl (C=S) groups is 1. The lowest BCUT2D eigenvalue weighted by Gasteiger charge is -2.13. The van der Waals surface area contributed by atoms with Crippen molar-refractivity contribution in [2.24, 2.45) is 0 Å². The highest BCUT2D eigenvalue weighted by molar-refractivity contribution is 7.80. The predicted octanol–water partition coefficient (Wildman–Crippen LogP) is 3.86. The standard InChI is InChI=1S/C16H13N5S2/c22-16(17-11-5-2-1-3-6-11)20-19-14-12-7-4-9-21(12)13-8-10-23-15(13)18-14/h1-10H,(H,18,19)(H2,17,20,22). The summed E-state index contributed by atoms with van der Waals surface area (Å²) < 4.78 is 2.11. The molecule has 0 saturated heterocycles. The van der Waals surface area contributed by atoms with Crippen molar-refractivity contribution in [1.29, 1.82) is 0 Å². The number of hydrazine groups is 1. The average Bonchev–Trinajstić information content (AvgIpc) is 3.21. The summed E-state index contributed by atoms with van der Waals surface area (Å²) in [7, 11) is 0. The molecule has 0 aliphatic carbocycles. The fourth-order valence-electron chi connectivity index (χ4n) is 2.40. The molecule has 0 unspecified atom stereocenters. The molecule has 4 aromatic rings. The zero-order chi connectivity index (χ0) is 15.6. The van der Waals surface area contributed by atoms with Crippen molar-refractivity contribution in [3.05, 3.63) is 60.1 Å². The fraction of sp³-hybridized carbons (Fsp3) is 0. The molecule has 0 spiro atoms. The van der Waals surface area contributed by atoms with E-state index in [0.29, 0.717) is 5.11 Å². The van der Waals surface area contributed by atoms with E-state index in [-0.39, 0.29) is 0 Å². The predicted molar refractivity (Wildman–Crippen MR) is 100.0 cm³/mol. The summed E-state index contributed by atoms with van der Waals surface area (Å²) in [5.41, 5.74) is 9.11. The number of hydrogen-bond donors (Lipinski definition) is 3. The Balaban J connectivity index is 1.55. The third-order valence-electron chi connectivity index (χ3n) is 3.42. The maximum atomic E-state index is 5.30. The highest BCUT2D eigenvalue weighted by Crippen LogP contribution is 2.25. The fourth-order valence-corrected chi connectivity index (χ4v) is 3.32.